The molecule has 6 nitrogen and oxygen atoms in total. The van der Waals surface area contributed by atoms with Crippen molar-refractivity contribution in [3.8, 4) is 11.5 Å². The summed E-state index contributed by atoms with van der Waals surface area (Å²) in [6, 6.07) is 12.2. The number of amides is 1. The summed E-state index contributed by atoms with van der Waals surface area (Å²) in [6.45, 7) is 6.30. The molecule has 0 atom stereocenters. The molecule has 3 aromatic rings. The Kier molecular flexibility index (Phi) is 7.36. The van der Waals surface area contributed by atoms with Crippen molar-refractivity contribution in [1.82, 2.24) is 14.5 Å². The summed E-state index contributed by atoms with van der Waals surface area (Å²) in [4.78, 5) is 19.4. The molecular weight excluding hydrogens is 426 g/mol. The number of aromatic nitrogens is 2. The summed E-state index contributed by atoms with van der Waals surface area (Å²) in [5, 5.41) is 0. The lowest BCUT2D eigenvalue weighted by molar-refractivity contribution is -0.127. The van der Waals surface area contributed by atoms with Gasteiger partial charge in [-0.1, -0.05) is 23.8 Å². The van der Waals surface area contributed by atoms with Crippen molar-refractivity contribution in [3.05, 3.63) is 82.9 Å². The molecule has 0 radical (unpaired) electrons. The number of aryl methyl sites for hydroxylation is 2. The first-order valence-electron chi connectivity index (χ1n) is 11.7. The molecule has 1 fully saturated rings. The average molecular weight is 460 g/mol. The van der Waals surface area contributed by atoms with Crippen molar-refractivity contribution in [2.24, 2.45) is 0 Å². The molecule has 34 heavy (non-hydrogen) atoms. The number of rotatable bonds is 7. The van der Waals surface area contributed by atoms with Gasteiger partial charge in [-0.2, -0.15) is 0 Å². The largest absolute Gasteiger partial charge is 0.497 e. The standard InChI is InChI=1S/C28H33N3O3/c1-20-5-6-21(2)24(15-20)7-8-27(32)30-12-9-23(10-13-30)28-29-11-14-31(28)19-22-16-25(33-3)18-26(17-22)34-4/h5-8,11,14-18,23H,9-10,12-13,19H2,1-4H3. The highest BCUT2D eigenvalue weighted by Crippen LogP contribution is 2.29. The van der Waals surface area contributed by atoms with Gasteiger partial charge < -0.3 is 18.9 Å². The molecule has 6 heteroatoms. The third-order valence-corrected chi connectivity index (χ3v) is 6.52. The van der Waals surface area contributed by atoms with Crippen molar-refractivity contribution in [3.63, 3.8) is 0 Å². The zero-order valence-corrected chi connectivity index (χ0v) is 20.5. The van der Waals surface area contributed by atoms with Gasteiger partial charge in [0.05, 0.1) is 14.2 Å². The quantitative estimate of drug-likeness (QED) is 0.468. The molecule has 4 rings (SSSR count). The minimum Gasteiger partial charge on any atom is -0.497 e. The predicted molar refractivity (Wildman–Crippen MR) is 134 cm³/mol. The topological polar surface area (TPSA) is 56.6 Å². The fraction of sp³-hybridized carbons (Fsp3) is 0.357. The van der Waals surface area contributed by atoms with Gasteiger partial charge in [0.1, 0.15) is 17.3 Å². The van der Waals surface area contributed by atoms with Crippen molar-refractivity contribution in [2.45, 2.75) is 39.2 Å². The highest BCUT2D eigenvalue weighted by Gasteiger charge is 2.25. The monoisotopic (exact) mass is 459 g/mol. The number of nitrogens with zero attached hydrogens (tertiary/aromatic N) is 3. The Balaban J connectivity index is 1.39. The number of piperidine rings is 1. The molecule has 1 amide bonds. The molecule has 1 aromatic heterocycles. The number of hydrogen-bond acceptors (Lipinski definition) is 4. The van der Waals surface area contributed by atoms with Crippen LogP contribution in [0.25, 0.3) is 6.08 Å². The van der Waals surface area contributed by atoms with Gasteiger partial charge >= 0.3 is 0 Å². The van der Waals surface area contributed by atoms with E-state index in [0.29, 0.717) is 12.5 Å². The maximum Gasteiger partial charge on any atom is 0.246 e. The van der Waals surface area contributed by atoms with E-state index >= 15 is 0 Å². The molecular formula is C28H33N3O3. The summed E-state index contributed by atoms with van der Waals surface area (Å²) < 4.78 is 13.0. The Bertz CT molecular complexity index is 1150. The molecule has 0 spiro atoms. The van der Waals surface area contributed by atoms with Gasteiger partial charge in [0.25, 0.3) is 0 Å². The van der Waals surface area contributed by atoms with E-state index in [1.807, 2.05) is 41.6 Å². The van der Waals surface area contributed by atoms with E-state index in [1.54, 1.807) is 20.3 Å². The van der Waals surface area contributed by atoms with Crippen molar-refractivity contribution in [1.29, 1.82) is 0 Å². The summed E-state index contributed by atoms with van der Waals surface area (Å²) >= 11 is 0. The first kappa shape index (κ1) is 23.6. The van der Waals surface area contributed by atoms with E-state index in [4.69, 9.17) is 9.47 Å². The molecule has 0 bridgehead atoms. The minimum atomic E-state index is 0.0752. The second kappa shape index (κ2) is 10.6. The van der Waals surface area contributed by atoms with E-state index < -0.39 is 0 Å². The van der Waals surface area contributed by atoms with Gasteiger partial charge in [0, 0.05) is 50.1 Å². The average Bonchev–Trinajstić information content (AvgIpc) is 3.32. The molecule has 0 saturated carbocycles. The fourth-order valence-electron chi connectivity index (χ4n) is 4.53. The molecule has 178 valence electrons. The normalized spacial score (nSPS) is 14.5. The summed E-state index contributed by atoms with van der Waals surface area (Å²) in [5.74, 6) is 3.02. The Morgan fingerprint density at radius 3 is 2.44 bits per heavy atom. The van der Waals surface area contributed by atoms with Gasteiger partial charge in [-0.15, -0.1) is 0 Å². The van der Waals surface area contributed by atoms with Crippen LogP contribution in [0.3, 0.4) is 0 Å². The first-order valence-corrected chi connectivity index (χ1v) is 11.7. The number of carbonyl (C=O) groups excluding carboxylic acids is 1. The van der Waals surface area contributed by atoms with Gasteiger partial charge in [-0.25, -0.2) is 4.98 Å². The van der Waals surface area contributed by atoms with Crippen molar-refractivity contribution < 1.29 is 14.3 Å². The van der Waals surface area contributed by atoms with E-state index in [0.717, 1.165) is 54.4 Å². The van der Waals surface area contributed by atoms with Gasteiger partial charge in [-0.3, -0.25) is 4.79 Å². The van der Waals surface area contributed by atoms with E-state index in [9.17, 15) is 4.79 Å². The smallest absolute Gasteiger partial charge is 0.246 e. The summed E-state index contributed by atoms with van der Waals surface area (Å²) in [7, 11) is 3.32. The predicted octanol–water partition coefficient (Wildman–Crippen LogP) is 4.98. The highest BCUT2D eigenvalue weighted by atomic mass is 16.5. The minimum absolute atomic E-state index is 0.0752. The van der Waals surface area contributed by atoms with Crippen LogP contribution in [-0.2, 0) is 11.3 Å². The second-order valence-corrected chi connectivity index (χ2v) is 8.93. The van der Waals surface area contributed by atoms with E-state index in [1.165, 1.54) is 11.1 Å². The fourth-order valence-corrected chi connectivity index (χ4v) is 4.53. The molecule has 0 aliphatic carbocycles. The molecule has 0 N–H and O–H groups in total. The lowest BCUT2D eigenvalue weighted by Gasteiger charge is -2.31. The second-order valence-electron chi connectivity index (χ2n) is 8.93. The highest BCUT2D eigenvalue weighted by molar-refractivity contribution is 5.92. The number of hydrogen-bond donors (Lipinski definition) is 0. The molecule has 0 unspecified atom stereocenters. The SMILES string of the molecule is COc1cc(Cn2ccnc2C2CCN(C(=O)C=Cc3cc(C)ccc3C)CC2)cc(OC)c1. The molecule has 1 aliphatic rings. The Hall–Kier alpha value is -3.54. The Morgan fingerprint density at radius 1 is 1.06 bits per heavy atom. The van der Waals surface area contributed by atoms with Crippen LogP contribution in [0.2, 0.25) is 0 Å². The third kappa shape index (κ3) is 5.50. The number of ether oxygens (including phenoxy) is 2. The van der Waals surface area contributed by atoms with Gasteiger partial charge in [0.2, 0.25) is 5.91 Å². The number of methoxy groups -OCH3 is 2. The number of benzene rings is 2. The first-order chi connectivity index (χ1) is 16.5. The number of likely N-dealkylation sites (tertiary alicyclic amines) is 1. The molecule has 2 heterocycles. The zero-order valence-electron chi connectivity index (χ0n) is 20.5. The van der Waals surface area contributed by atoms with Crippen LogP contribution in [-0.4, -0.2) is 47.7 Å². The Morgan fingerprint density at radius 2 is 1.76 bits per heavy atom. The molecule has 1 saturated heterocycles. The maximum atomic E-state index is 12.8. The number of imidazole rings is 1. The Labute approximate surface area is 201 Å². The lowest BCUT2D eigenvalue weighted by atomic mass is 9.95. The van der Waals surface area contributed by atoms with E-state index in [-0.39, 0.29) is 5.91 Å². The molecule has 1 aliphatic heterocycles. The van der Waals surface area contributed by atoms with Crippen LogP contribution < -0.4 is 9.47 Å². The van der Waals surface area contributed by atoms with Crippen molar-refractivity contribution in [2.75, 3.05) is 27.3 Å². The van der Waals surface area contributed by atoms with Crippen LogP contribution in [0.15, 0.2) is 54.9 Å². The van der Waals surface area contributed by atoms with Gasteiger partial charge in [-0.05, 0) is 61.6 Å². The van der Waals surface area contributed by atoms with Crippen LogP contribution in [0.4, 0.5) is 0 Å². The summed E-state index contributed by atoms with van der Waals surface area (Å²) in [5.41, 5.74) is 4.56. The number of carbonyl (C=O) groups is 1. The van der Waals surface area contributed by atoms with E-state index in [2.05, 4.69) is 41.6 Å². The molecule has 2 aromatic carbocycles. The van der Waals surface area contributed by atoms with Crippen LogP contribution in [0.1, 0.15) is 46.8 Å². The van der Waals surface area contributed by atoms with Crippen LogP contribution in [0.5, 0.6) is 11.5 Å². The third-order valence-electron chi connectivity index (χ3n) is 6.52. The zero-order chi connectivity index (χ0) is 24.1. The van der Waals surface area contributed by atoms with Crippen LogP contribution in [0, 0.1) is 13.8 Å². The van der Waals surface area contributed by atoms with Gasteiger partial charge in [0.15, 0.2) is 0 Å². The maximum absolute atomic E-state index is 12.8. The lowest BCUT2D eigenvalue weighted by Crippen LogP contribution is -2.37. The summed E-state index contributed by atoms with van der Waals surface area (Å²) in [6.07, 6.45) is 9.33. The van der Waals surface area contributed by atoms with Crippen molar-refractivity contribution >= 4 is 12.0 Å². The van der Waals surface area contributed by atoms with Crippen LogP contribution >= 0.6 is 0 Å².